The Morgan fingerprint density at radius 2 is 1.96 bits per heavy atom. The molecule has 1 aliphatic rings. The number of aromatic hydroxyl groups is 1. The van der Waals surface area contributed by atoms with Crippen molar-refractivity contribution >= 4 is 46.2 Å². The molecule has 0 bridgehead atoms. The van der Waals surface area contributed by atoms with Crippen LogP contribution >= 0.6 is 24.0 Å². The van der Waals surface area contributed by atoms with Crippen LogP contribution in [-0.2, 0) is 4.79 Å². The van der Waals surface area contributed by atoms with Crippen LogP contribution in [0, 0.1) is 0 Å². The average molecular weight is 416 g/mol. The normalized spacial score (nSPS) is 15.1. The Kier molecular flexibility index (Phi) is 5.86. The molecule has 0 spiro atoms. The lowest BCUT2D eigenvalue weighted by Gasteiger charge is -2.16. The number of para-hydroxylation sites is 1. The maximum atomic E-state index is 12.7. The summed E-state index contributed by atoms with van der Waals surface area (Å²) >= 11 is 6.26. The van der Waals surface area contributed by atoms with Crippen LogP contribution in [0.15, 0.2) is 47.4 Å². The molecule has 2 N–H and O–H groups in total. The highest BCUT2D eigenvalue weighted by Gasteiger charge is 2.34. The lowest BCUT2D eigenvalue weighted by atomic mass is 10.1. The number of thioether (sulfide) groups is 1. The predicted octanol–water partition coefficient (Wildman–Crippen LogP) is 2.96. The van der Waals surface area contributed by atoms with E-state index in [-0.39, 0.29) is 15.6 Å². The Bertz CT molecular complexity index is 990. The first-order chi connectivity index (χ1) is 13.4. The summed E-state index contributed by atoms with van der Waals surface area (Å²) in [5.74, 6) is -0.153. The topological polar surface area (TPSA) is 88.1 Å². The van der Waals surface area contributed by atoms with Gasteiger partial charge >= 0.3 is 0 Å². The number of carbonyl (C=O) groups excluding carboxylic acids is 2. The molecule has 1 fully saturated rings. The van der Waals surface area contributed by atoms with Crippen LogP contribution in [0.1, 0.15) is 15.9 Å². The van der Waals surface area contributed by atoms with E-state index in [4.69, 9.17) is 21.7 Å². The molecule has 0 saturated carbocycles. The molecule has 0 aromatic heterocycles. The third-order valence-corrected chi connectivity index (χ3v) is 5.18. The van der Waals surface area contributed by atoms with Crippen molar-refractivity contribution in [2.45, 2.75) is 0 Å². The Labute approximate surface area is 170 Å². The molecule has 1 heterocycles. The second kappa shape index (κ2) is 8.32. The Morgan fingerprint density at radius 1 is 1.21 bits per heavy atom. The predicted molar refractivity (Wildman–Crippen MR) is 110 cm³/mol. The molecule has 0 atom stereocenters. The summed E-state index contributed by atoms with van der Waals surface area (Å²) < 4.78 is 10.7. The summed E-state index contributed by atoms with van der Waals surface area (Å²) in [7, 11) is 3.07. The number of methoxy groups -OCH3 is 2. The Balaban J connectivity index is 1.85. The summed E-state index contributed by atoms with van der Waals surface area (Å²) in [6.45, 7) is 0. The van der Waals surface area contributed by atoms with Crippen LogP contribution in [0.4, 0.5) is 0 Å². The fourth-order valence-corrected chi connectivity index (χ4v) is 3.66. The van der Waals surface area contributed by atoms with E-state index in [0.717, 1.165) is 16.8 Å². The van der Waals surface area contributed by atoms with E-state index in [0.29, 0.717) is 22.0 Å². The van der Waals surface area contributed by atoms with E-state index in [1.807, 2.05) is 0 Å². The number of benzene rings is 2. The number of hydrogen-bond donors (Lipinski definition) is 2. The zero-order valence-corrected chi connectivity index (χ0v) is 16.6. The van der Waals surface area contributed by atoms with Crippen molar-refractivity contribution in [2.75, 3.05) is 14.2 Å². The smallest absolute Gasteiger partial charge is 0.285 e. The van der Waals surface area contributed by atoms with E-state index < -0.39 is 11.8 Å². The number of amides is 2. The number of thiocarbonyl (C=S) groups is 1. The molecule has 3 rings (SSSR count). The molecule has 1 aliphatic heterocycles. The first-order valence-electron chi connectivity index (χ1n) is 8.03. The molecule has 1 saturated heterocycles. The highest BCUT2D eigenvalue weighted by atomic mass is 32.2. The number of phenolic OH excluding ortho intramolecular Hbond substituents is 1. The third-order valence-electron chi connectivity index (χ3n) is 3.88. The number of phenols is 1. The van der Waals surface area contributed by atoms with Crippen molar-refractivity contribution in [3.63, 3.8) is 0 Å². The van der Waals surface area contributed by atoms with Crippen LogP contribution in [0.2, 0.25) is 0 Å². The molecular formula is C19H16N2O5S2. The third kappa shape index (κ3) is 3.95. The van der Waals surface area contributed by atoms with E-state index >= 15 is 0 Å². The first-order valence-corrected chi connectivity index (χ1v) is 9.26. The van der Waals surface area contributed by atoms with Crippen molar-refractivity contribution in [1.29, 1.82) is 0 Å². The molecular weight excluding hydrogens is 400 g/mol. The quantitative estimate of drug-likeness (QED) is 0.572. The number of carbonyl (C=O) groups is 2. The van der Waals surface area contributed by atoms with Crippen LogP contribution in [0.25, 0.3) is 6.08 Å². The number of nitrogens with zero attached hydrogens (tertiary/aromatic N) is 1. The van der Waals surface area contributed by atoms with Crippen LogP contribution in [-0.4, -0.2) is 40.5 Å². The molecule has 7 nitrogen and oxygen atoms in total. The van der Waals surface area contributed by atoms with Gasteiger partial charge in [0.25, 0.3) is 11.8 Å². The van der Waals surface area contributed by atoms with E-state index in [2.05, 4.69) is 5.43 Å². The Morgan fingerprint density at radius 3 is 2.64 bits per heavy atom. The molecule has 0 radical (unpaired) electrons. The molecule has 0 aliphatic carbocycles. The van der Waals surface area contributed by atoms with Crippen LogP contribution in [0.3, 0.4) is 0 Å². The molecule has 2 amide bonds. The van der Waals surface area contributed by atoms with Gasteiger partial charge in [-0.2, -0.15) is 5.01 Å². The maximum absolute atomic E-state index is 12.7. The fraction of sp³-hybridized carbons (Fsp3) is 0.105. The van der Waals surface area contributed by atoms with E-state index in [9.17, 15) is 14.7 Å². The van der Waals surface area contributed by atoms with Gasteiger partial charge < -0.3 is 14.6 Å². The number of nitrogens with one attached hydrogen (secondary N) is 1. The molecule has 2 aromatic carbocycles. The zero-order chi connectivity index (χ0) is 20.3. The molecule has 144 valence electrons. The van der Waals surface area contributed by atoms with Gasteiger partial charge in [-0.05, 0) is 48.6 Å². The second-order valence-corrected chi connectivity index (χ2v) is 7.26. The summed E-state index contributed by atoms with van der Waals surface area (Å²) in [6, 6.07) is 11.2. The largest absolute Gasteiger partial charge is 0.507 e. The maximum Gasteiger partial charge on any atom is 0.285 e. The van der Waals surface area contributed by atoms with Crippen LogP contribution in [0.5, 0.6) is 17.2 Å². The van der Waals surface area contributed by atoms with Crippen molar-refractivity contribution in [1.82, 2.24) is 10.4 Å². The highest BCUT2D eigenvalue weighted by Crippen LogP contribution is 2.34. The van der Waals surface area contributed by atoms with E-state index in [1.165, 1.54) is 19.2 Å². The van der Waals surface area contributed by atoms with Crippen molar-refractivity contribution < 1.29 is 24.2 Å². The van der Waals surface area contributed by atoms with Gasteiger partial charge in [-0.3, -0.25) is 15.0 Å². The van der Waals surface area contributed by atoms with Gasteiger partial charge in [0.1, 0.15) is 17.2 Å². The number of ether oxygens (including phenoxy) is 2. The molecule has 9 heteroatoms. The highest BCUT2D eigenvalue weighted by molar-refractivity contribution is 8.26. The number of hydrazine groups is 1. The monoisotopic (exact) mass is 416 g/mol. The minimum Gasteiger partial charge on any atom is -0.507 e. The average Bonchev–Trinajstić information content (AvgIpc) is 2.95. The van der Waals surface area contributed by atoms with Gasteiger partial charge in [0.05, 0.1) is 24.7 Å². The number of rotatable bonds is 5. The Hall–Kier alpha value is -3.04. The van der Waals surface area contributed by atoms with E-state index in [1.54, 1.807) is 43.5 Å². The van der Waals surface area contributed by atoms with Gasteiger partial charge in [0.15, 0.2) is 4.32 Å². The second-order valence-electron chi connectivity index (χ2n) is 5.58. The molecule has 2 aromatic rings. The summed E-state index contributed by atoms with van der Waals surface area (Å²) in [5, 5.41) is 10.8. The fourth-order valence-electron chi connectivity index (χ4n) is 2.48. The lowest BCUT2D eigenvalue weighted by molar-refractivity contribution is -0.123. The minimum absolute atomic E-state index is 0.0370. The van der Waals surface area contributed by atoms with Crippen molar-refractivity contribution in [3.8, 4) is 17.2 Å². The summed E-state index contributed by atoms with van der Waals surface area (Å²) in [5.41, 5.74) is 3.10. The van der Waals surface area contributed by atoms with Gasteiger partial charge in [-0.25, -0.2) is 0 Å². The molecule has 0 unspecified atom stereocenters. The summed E-state index contributed by atoms with van der Waals surface area (Å²) in [6.07, 6.45) is 1.62. The molecule has 28 heavy (non-hydrogen) atoms. The van der Waals surface area contributed by atoms with Crippen molar-refractivity contribution in [3.05, 3.63) is 58.5 Å². The summed E-state index contributed by atoms with van der Waals surface area (Å²) in [4.78, 5) is 25.4. The van der Waals surface area contributed by atoms with Crippen LogP contribution < -0.4 is 14.9 Å². The van der Waals surface area contributed by atoms with Gasteiger partial charge in [-0.1, -0.05) is 23.9 Å². The SMILES string of the molecule is COc1ccc(OC)c(/C=C2/SC(=S)N(NC(=O)c3ccccc3O)C2=O)c1. The zero-order valence-electron chi connectivity index (χ0n) is 15.0. The first kappa shape index (κ1) is 19.7. The lowest BCUT2D eigenvalue weighted by Crippen LogP contribution is -2.44. The standard InChI is InChI=1S/C19H16N2O5S2/c1-25-12-7-8-15(26-2)11(9-12)10-16-18(24)21(19(27)28-16)20-17(23)13-5-3-4-6-14(13)22/h3-10,22H,1-2H3,(H,20,23)/b16-10+. The number of hydrogen-bond acceptors (Lipinski definition) is 7. The van der Waals surface area contributed by atoms with Gasteiger partial charge in [-0.15, -0.1) is 0 Å². The van der Waals surface area contributed by atoms with Gasteiger partial charge in [0.2, 0.25) is 0 Å². The minimum atomic E-state index is -0.644. The van der Waals surface area contributed by atoms with Gasteiger partial charge in [0, 0.05) is 5.56 Å². The van der Waals surface area contributed by atoms with Crippen molar-refractivity contribution in [2.24, 2.45) is 0 Å².